The van der Waals surface area contributed by atoms with Gasteiger partial charge in [0.05, 0.1) is 18.3 Å². The first-order valence-electron chi connectivity index (χ1n) is 10.5. The number of rotatable bonds is 8. The van der Waals surface area contributed by atoms with Gasteiger partial charge in [-0.15, -0.1) is 0 Å². The van der Waals surface area contributed by atoms with Gasteiger partial charge in [0, 0.05) is 18.7 Å². The molecule has 0 spiro atoms. The highest BCUT2D eigenvalue weighted by molar-refractivity contribution is 5.91. The molecule has 0 atom stereocenters. The molecule has 1 fully saturated rings. The van der Waals surface area contributed by atoms with Crippen molar-refractivity contribution in [2.24, 2.45) is 5.92 Å². The Balaban J connectivity index is 1.52. The molecule has 0 saturated heterocycles. The van der Waals surface area contributed by atoms with Crippen LogP contribution < -0.4 is 9.47 Å². The van der Waals surface area contributed by atoms with Gasteiger partial charge in [-0.3, -0.25) is 0 Å². The van der Waals surface area contributed by atoms with Crippen LogP contribution in [0.15, 0.2) is 36.4 Å². The third-order valence-electron chi connectivity index (χ3n) is 5.26. The summed E-state index contributed by atoms with van der Waals surface area (Å²) in [5, 5.41) is 9.00. The summed E-state index contributed by atoms with van der Waals surface area (Å²) in [5.41, 5.74) is -0.348. The van der Waals surface area contributed by atoms with Crippen LogP contribution in [0, 0.1) is 28.9 Å². The van der Waals surface area contributed by atoms with E-state index >= 15 is 0 Å². The maximum Gasteiger partial charge on any atom is 0.343 e. The molecule has 0 aliphatic heterocycles. The number of hydrogen-bond acceptors (Lipinski definition) is 5. The summed E-state index contributed by atoms with van der Waals surface area (Å²) < 4.78 is 43.7. The van der Waals surface area contributed by atoms with Gasteiger partial charge in [0.2, 0.25) is 0 Å². The maximum absolute atomic E-state index is 13.7. The van der Waals surface area contributed by atoms with Crippen LogP contribution >= 0.6 is 0 Å². The van der Waals surface area contributed by atoms with E-state index in [2.05, 4.69) is 6.92 Å². The van der Waals surface area contributed by atoms with E-state index in [1.165, 1.54) is 12.1 Å². The van der Waals surface area contributed by atoms with E-state index in [-0.39, 0.29) is 5.56 Å². The molecule has 0 amide bonds. The summed E-state index contributed by atoms with van der Waals surface area (Å²) in [5.74, 6) is -2.20. The van der Waals surface area contributed by atoms with E-state index in [1.54, 1.807) is 18.2 Å². The number of hydrogen-bond donors (Lipinski definition) is 0. The number of halogens is 2. The lowest BCUT2D eigenvalue weighted by atomic mass is 9.88. The van der Waals surface area contributed by atoms with Crippen molar-refractivity contribution in [3.63, 3.8) is 0 Å². The lowest BCUT2D eigenvalue weighted by Gasteiger charge is -2.28. The minimum Gasteiger partial charge on any atom is -0.493 e. The normalized spacial score (nSPS) is 18.3. The smallest absolute Gasteiger partial charge is 0.343 e. The summed E-state index contributed by atoms with van der Waals surface area (Å²) in [7, 11) is 0. The van der Waals surface area contributed by atoms with Gasteiger partial charge in [-0.25, -0.2) is 13.6 Å². The van der Waals surface area contributed by atoms with Crippen molar-refractivity contribution in [2.45, 2.75) is 45.1 Å². The van der Waals surface area contributed by atoms with Crippen molar-refractivity contribution in [1.82, 2.24) is 0 Å². The van der Waals surface area contributed by atoms with E-state index in [4.69, 9.17) is 19.5 Å². The van der Waals surface area contributed by atoms with Gasteiger partial charge in [-0.05, 0) is 62.3 Å². The standard InChI is InChI=1S/C24H25F2NO4/c1-2-11-29-19-7-3-16(4-8-19)15-30-20-9-5-17(6-10-20)24(28)31-23-13-18(25)12-22(26)21(23)14-27/h5-6,9-10,12-13,16,19H,2-4,7-8,11,15H2,1H3. The number of nitriles is 1. The van der Waals surface area contributed by atoms with Crippen LogP contribution in [0.1, 0.15) is 54.9 Å². The molecule has 0 bridgehead atoms. The Bertz CT molecular complexity index is 932. The molecule has 3 rings (SSSR count). The van der Waals surface area contributed by atoms with Gasteiger partial charge >= 0.3 is 5.97 Å². The Labute approximate surface area is 180 Å². The van der Waals surface area contributed by atoms with E-state index in [1.807, 2.05) is 0 Å². The number of nitrogens with zero attached hydrogens (tertiary/aromatic N) is 1. The Morgan fingerprint density at radius 3 is 2.48 bits per heavy atom. The molecular formula is C24H25F2NO4. The molecule has 0 unspecified atom stereocenters. The van der Waals surface area contributed by atoms with Gasteiger partial charge in [-0.2, -0.15) is 5.26 Å². The number of ether oxygens (including phenoxy) is 3. The maximum atomic E-state index is 13.7. The molecule has 7 heteroatoms. The average molecular weight is 429 g/mol. The minimum absolute atomic E-state index is 0.175. The molecule has 0 N–H and O–H groups in total. The monoisotopic (exact) mass is 429 g/mol. The molecule has 0 radical (unpaired) electrons. The number of carbonyl (C=O) groups excluding carboxylic acids is 1. The highest BCUT2D eigenvalue weighted by atomic mass is 19.1. The lowest BCUT2D eigenvalue weighted by molar-refractivity contribution is 0.0132. The second-order valence-corrected chi connectivity index (χ2v) is 7.61. The molecule has 164 valence electrons. The first-order chi connectivity index (χ1) is 15.0. The highest BCUT2D eigenvalue weighted by Crippen LogP contribution is 2.28. The van der Waals surface area contributed by atoms with Crippen LogP contribution in [0.5, 0.6) is 11.5 Å². The van der Waals surface area contributed by atoms with Crippen LogP contribution in [0.25, 0.3) is 0 Å². The summed E-state index contributed by atoms with van der Waals surface area (Å²) in [6.45, 7) is 3.51. The molecule has 1 saturated carbocycles. The predicted molar refractivity (Wildman–Crippen MR) is 110 cm³/mol. The van der Waals surface area contributed by atoms with Crippen molar-refractivity contribution < 1.29 is 27.8 Å². The van der Waals surface area contributed by atoms with E-state index in [0.717, 1.165) is 44.8 Å². The zero-order valence-corrected chi connectivity index (χ0v) is 17.4. The first kappa shape index (κ1) is 22.7. The molecule has 0 heterocycles. The highest BCUT2D eigenvalue weighted by Gasteiger charge is 2.22. The van der Waals surface area contributed by atoms with Gasteiger partial charge < -0.3 is 14.2 Å². The molecule has 0 aromatic heterocycles. The quantitative estimate of drug-likeness (QED) is 0.414. The molecule has 1 aliphatic rings. The van der Waals surface area contributed by atoms with Crippen molar-refractivity contribution in [3.8, 4) is 17.6 Å². The number of esters is 1. The van der Waals surface area contributed by atoms with Crippen LogP contribution in [0.3, 0.4) is 0 Å². The van der Waals surface area contributed by atoms with Crippen molar-refractivity contribution >= 4 is 5.97 Å². The van der Waals surface area contributed by atoms with Gasteiger partial charge in [0.25, 0.3) is 0 Å². The summed E-state index contributed by atoms with van der Waals surface area (Å²) in [4.78, 5) is 12.3. The Morgan fingerprint density at radius 2 is 1.84 bits per heavy atom. The first-order valence-corrected chi connectivity index (χ1v) is 10.5. The molecule has 31 heavy (non-hydrogen) atoms. The van der Waals surface area contributed by atoms with Crippen molar-refractivity contribution in [2.75, 3.05) is 13.2 Å². The Kier molecular flexibility index (Phi) is 7.96. The van der Waals surface area contributed by atoms with E-state index < -0.39 is 28.9 Å². The van der Waals surface area contributed by atoms with Crippen LogP contribution in [-0.2, 0) is 4.74 Å². The third-order valence-corrected chi connectivity index (χ3v) is 5.26. The second-order valence-electron chi connectivity index (χ2n) is 7.61. The van der Waals surface area contributed by atoms with Crippen LogP contribution in [0.4, 0.5) is 8.78 Å². The summed E-state index contributed by atoms with van der Waals surface area (Å²) in [6, 6.07) is 9.24. The zero-order chi connectivity index (χ0) is 22.2. The van der Waals surface area contributed by atoms with Crippen molar-refractivity contribution in [1.29, 1.82) is 5.26 Å². The van der Waals surface area contributed by atoms with Crippen LogP contribution in [0.2, 0.25) is 0 Å². The largest absolute Gasteiger partial charge is 0.493 e. The SMILES string of the molecule is CCCOC1CCC(COc2ccc(C(=O)Oc3cc(F)cc(F)c3C#N)cc2)CC1. The Morgan fingerprint density at radius 1 is 1.13 bits per heavy atom. The molecule has 2 aromatic carbocycles. The molecular weight excluding hydrogens is 404 g/mol. The van der Waals surface area contributed by atoms with E-state index in [9.17, 15) is 13.6 Å². The third kappa shape index (κ3) is 6.25. The summed E-state index contributed by atoms with van der Waals surface area (Å²) >= 11 is 0. The van der Waals surface area contributed by atoms with Gasteiger partial charge in [0.15, 0.2) is 5.75 Å². The number of carbonyl (C=O) groups is 1. The molecule has 5 nitrogen and oxygen atoms in total. The van der Waals surface area contributed by atoms with Crippen LogP contribution in [-0.4, -0.2) is 25.3 Å². The predicted octanol–water partition coefficient (Wildman–Crippen LogP) is 5.42. The fraction of sp³-hybridized carbons (Fsp3) is 0.417. The van der Waals surface area contributed by atoms with E-state index in [0.29, 0.717) is 30.4 Å². The minimum atomic E-state index is -1.08. The van der Waals surface area contributed by atoms with Gasteiger partial charge in [0.1, 0.15) is 29.0 Å². The summed E-state index contributed by atoms with van der Waals surface area (Å²) in [6.07, 6.45) is 5.60. The molecule has 2 aromatic rings. The van der Waals surface area contributed by atoms with Gasteiger partial charge in [-0.1, -0.05) is 6.92 Å². The topological polar surface area (TPSA) is 68.6 Å². The molecule has 1 aliphatic carbocycles. The van der Waals surface area contributed by atoms with Crippen molar-refractivity contribution in [3.05, 3.63) is 59.2 Å². The zero-order valence-electron chi connectivity index (χ0n) is 17.4. The number of benzene rings is 2. The fourth-order valence-electron chi connectivity index (χ4n) is 3.55. The fourth-order valence-corrected chi connectivity index (χ4v) is 3.55. The second kappa shape index (κ2) is 10.9. The average Bonchev–Trinajstić information content (AvgIpc) is 2.77. The lowest BCUT2D eigenvalue weighted by Crippen LogP contribution is -2.25. The Hall–Kier alpha value is -2.98.